The summed E-state index contributed by atoms with van der Waals surface area (Å²) in [4.78, 5) is 43.9. The van der Waals surface area contributed by atoms with Crippen LogP contribution >= 0.6 is 0 Å². The van der Waals surface area contributed by atoms with E-state index in [2.05, 4.69) is 22.3 Å². The zero-order valence-electron chi connectivity index (χ0n) is 19.1. The van der Waals surface area contributed by atoms with E-state index in [4.69, 9.17) is 0 Å². The van der Waals surface area contributed by atoms with Gasteiger partial charge in [-0.1, -0.05) is 24.3 Å². The van der Waals surface area contributed by atoms with Crippen molar-refractivity contribution < 1.29 is 14.4 Å². The Hall–Kier alpha value is -3.16. The molecular formula is C25H31N5O3. The molecule has 1 N–H and O–H groups in total. The highest BCUT2D eigenvalue weighted by Gasteiger charge is 2.37. The van der Waals surface area contributed by atoms with E-state index in [1.165, 1.54) is 11.1 Å². The van der Waals surface area contributed by atoms with Gasteiger partial charge in [-0.25, -0.2) is 0 Å². The first-order valence-corrected chi connectivity index (χ1v) is 12.0. The fourth-order valence-corrected chi connectivity index (χ4v) is 5.51. The monoisotopic (exact) mass is 449 g/mol. The van der Waals surface area contributed by atoms with Gasteiger partial charge >= 0.3 is 0 Å². The van der Waals surface area contributed by atoms with Crippen LogP contribution in [-0.2, 0) is 22.6 Å². The van der Waals surface area contributed by atoms with Crippen molar-refractivity contribution >= 4 is 17.7 Å². The highest BCUT2D eigenvalue weighted by atomic mass is 16.2. The molecule has 174 valence electrons. The molecule has 3 aliphatic heterocycles. The Balaban J connectivity index is 1.21. The lowest BCUT2D eigenvalue weighted by molar-refractivity contribution is -0.136. The number of nitrogens with zero attached hydrogens (tertiary/aromatic N) is 4. The molecule has 0 spiro atoms. The van der Waals surface area contributed by atoms with Gasteiger partial charge in [0, 0.05) is 51.6 Å². The zero-order chi connectivity index (χ0) is 22.9. The van der Waals surface area contributed by atoms with E-state index in [0.29, 0.717) is 51.3 Å². The first kappa shape index (κ1) is 21.7. The van der Waals surface area contributed by atoms with Gasteiger partial charge < -0.3 is 14.7 Å². The normalized spacial score (nSPS) is 21.4. The fourth-order valence-electron chi connectivity index (χ4n) is 5.51. The number of likely N-dealkylation sites (tertiary alicyclic amines) is 2. The summed E-state index contributed by atoms with van der Waals surface area (Å²) in [5.41, 5.74) is 4.07. The van der Waals surface area contributed by atoms with Gasteiger partial charge in [0.05, 0.1) is 23.4 Å². The van der Waals surface area contributed by atoms with E-state index in [9.17, 15) is 14.4 Å². The largest absolute Gasteiger partial charge is 0.342 e. The second-order valence-corrected chi connectivity index (χ2v) is 9.38. The Morgan fingerprint density at radius 1 is 1.09 bits per heavy atom. The maximum atomic E-state index is 13.3. The van der Waals surface area contributed by atoms with Crippen molar-refractivity contribution in [1.82, 2.24) is 24.9 Å². The molecule has 1 aromatic carbocycles. The highest BCUT2D eigenvalue weighted by Crippen LogP contribution is 2.32. The van der Waals surface area contributed by atoms with Crippen LogP contribution in [0.4, 0.5) is 0 Å². The fraction of sp³-hybridized carbons (Fsp3) is 0.520. The molecule has 0 saturated carbocycles. The lowest BCUT2D eigenvalue weighted by atomic mass is 9.90. The molecule has 0 aliphatic carbocycles. The number of benzene rings is 1. The second kappa shape index (κ2) is 9.00. The van der Waals surface area contributed by atoms with Crippen LogP contribution in [0, 0.1) is 5.92 Å². The van der Waals surface area contributed by atoms with Crippen LogP contribution in [0.5, 0.6) is 0 Å². The number of carbonyl (C=O) groups excluding carboxylic acids is 3. The molecule has 5 rings (SSSR count). The van der Waals surface area contributed by atoms with Crippen molar-refractivity contribution in [1.29, 1.82) is 0 Å². The van der Waals surface area contributed by atoms with Gasteiger partial charge in [-0.3, -0.25) is 19.5 Å². The Bertz CT molecular complexity index is 1060. The lowest BCUT2D eigenvalue weighted by Gasteiger charge is -2.34. The summed E-state index contributed by atoms with van der Waals surface area (Å²) in [7, 11) is 0. The number of aromatic amines is 1. The number of nitrogens with one attached hydrogen (secondary N) is 1. The average molecular weight is 450 g/mol. The number of hydrogen-bond acceptors (Lipinski definition) is 4. The van der Waals surface area contributed by atoms with Crippen LogP contribution in [0.25, 0.3) is 0 Å². The van der Waals surface area contributed by atoms with Crippen molar-refractivity contribution in [2.75, 3.05) is 32.7 Å². The molecule has 0 unspecified atom stereocenters. The molecule has 0 radical (unpaired) electrons. The first-order chi connectivity index (χ1) is 16.0. The van der Waals surface area contributed by atoms with Gasteiger partial charge in [0.15, 0.2) is 0 Å². The third-order valence-electron chi connectivity index (χ3n) is 7.48. The van der Waals surface area contributed by atoms with Crippen molar-refractivity contribution in [3.8, 4) is 0 Å². The van der Waals surface area contributed by atoms with Crippen molar-refractivity contribution in [3.63, 3.8) is 0 Å². The number of fused-ring (bicyclic) bond motifs is 1. The van der Waals surface area contributed by atoms with Gasteiger partial charge in [-0.05, 0) is 37.3 Å². The minimum absolute atomic E-state index is 0.0240. The van der Waals surface area contributed by atoms with Crippen molar-refractivity contribution in [2.45, 2.75) is 45.1 Å². The van der Waals surface area contributed by atoms with Crippen LogP contribution in [0.15, 0.2) is 30.5 Å². The van der Waals surface area contributed by atoms with E-state index >= 15 is 0 Å². The molecule has 0 bridgehead atoms. The minimum atomic E-state index is -0.222. The first-order valence-electron chi connectivity index (χ1n) is 12.0. The molecule has 8 nitrogen and oxygen atoms in total. The van der Waals surface area contributed by atoms with Crippen LogP contribution in [0.3, 0.4) is 0 Å². The van der Waals surface area contributed by atoms with Crippen LogP contribution in [-0.4, -0.2) is 75.3 Å². The summed E-state index contributed by atoms with van der Waals surface area (Å²) in [5, 5.41) is 7.29. The van der Waals surface area contributed by atoms with Crippen molar-refractivity contribution in [3.05, 3.63) is 52.8 Å². The third-order valence-corrected chi connectivity index (χ3v) is 7.48. The summed E-state index contributed by atoms with van der Waals surface area (Å²) in [6, 6.07) is 8.30. The molecule has 2 fully saturated rings. The summed E-state index contributed by atoms with van der Waals surface area (Å²) in [6.45, 7) is 5.76. The summed E-state index contributed by atoms with van der Waals surface area (Å²) >= 11 is 0. The van der Waals surface area contributed by atoms with Gasteiger partial charge in [-0.15, -0.1) is 0 Å². The Morgan fingerprint density at radius 2 is 1.85 bits per heavy atom. The number of rotatable bonds is 4. The Kier molecular flexibility index (Phi) is 5.91. The number of aromatic nitrogens is 2. The number of carbonyl (C=O) groups is 3. The highest BCUT2D eigenvalue weighted by molar-refractivity contribution is 5.95. The van der Waals surface area contributed by atoms with Crippen LogP contribution in [0.2, 0.25) is 0 Å². The maximum absolute atomic E-state index is 13.3. The third kappa shape index (κ3) is 4.14. The molecule has 8 heteroatoms. The van der Waals surface area contributed by atoms with Crippen LogP contribution in [0.1, 0.15) is 59.3 Å². The number of piperidine rings is 1. The zero-order valence-corrected chi connectivity index (χ0v) is 19.1. The molecule has 33 heavy (non-hydrogen) atoms. The van der Waals surface area contributed by atoms with E-state index in [0.717, 1.165) is 25.0 Å². The van der Waals surface area contributed by atoms with Gasteiger partial charge in [0.2, 0.25) is 11.8 Å². The van der Waals surface area contributed by atoms with Gasteiger partial charge in [-0.2, -0.15) is 5.10 Å². The number of amides is 3. The molecule has 3 amide bonds. The summed E-state index contributed by atoms with van der Waals surface area (Å²) in [6.07, 6.45) is 4.42. The molecule has 4 heterocycles. The SMILES string of the molecule is CCN1C[C@H](C(=O)N2CCC(c3[nH]ncc3C(=O)N3CCc4ccccc4C3)CC2)CC1=O. The standard InChI is InChI=1S/C25H31N5O3/c1-2-28-16-20(13-22(28)31)24(32)29-10-8-18(9-11-29)23-21(14-26-27-23)25(33)30-12-7-17-5-3-4-6-19(17)15-30/h3-6,14,18,20H,2,7-13,15-16H2,1H3,(H,26,27)/t20-/m1/s1. The lowest BCUT2D eigenvalue weighted by Crippen LogP contribution is -2.42. The molecule has 2 saturated heterocycles. The topological polar surface area (TPSA) is 89.6 Å². The Labute approximate surface area is 193 Å². The van der Waals surface area contributed by atoms with Gasteiger partial charge in [0.1, 0.15) is 0 Å². The average Bonchev–Trinajstić information content (AvgIpc) is 3.49. The molecule has 1 atom stereocenters. The minimum Gasteiger partial charge on any atom is -0.342 e. The summed E-state index contributed by atoms with van der Waals surface area (Å²) < 4.78 is 0. The van der Waals surface area contributed by atoms with E-state index in [1.54, 1.807) is 11.1 Å². The molecular weight excluding hydrogens is 418 g/mol. The number of hydrogen-bond donors (Lipinski definition) is 1. The molecule has 2 aromatic rings. The van der Waals surface area contributed by atoms with E-state index in [1.807, 2.05) is 28.9 Å². The maximum Gasteiger partial charge on any atom is 0.257 e. The van der Waals surface area contributed by atoms with E-state index < -0.39 is 0 Å². The van der Waals surface area contributed by atoms with Gasteiger partial charge in [0.25, 0.3) is 5.91 Å². The van der Waals surface area contributed by atoms with Crippen LogP contribution < -0.4 is 0 Å². The smallest absolute Gasteiger partial charge is 0.257 e. The van der Waals surface area contributed by atoms with Crippen molar-refractivity contribution in [2.24, 2.45) is 5.92 Å². The molecule has 3 aliphatic rings. The number of H-pyrrole nitrogens is 1. The second-order valence-electron chi connectivity index (χ2n) is 9.38. The molecule has 1 aromatic heterocycles. The quantitative estimate of drug-likeness (QED) is 0.775. The van der Waals surface area contributed by atoms with E-state index in [-0.39, 0.29) is 29.6 Å². The predicted molar refractivity (Wildman–Crippen MR) is 122 cm³/mol. The summed E-state index contributed by atoms with van der Waals surface area (Å²) in [5.74, 6) is 0.137. The predicted octanol–water partition coefficient (Wildman–Crippen LogP) is 2.18. The Morgan fingerprint density at radius 3 is 2.58 bits per heavy atom.